The minimum atomic E-state index is -0.0628. The van der Waals surface area contributed by atoms with Crippen LogP contribution in [0.25, 0.3) is 0 Å². The van der Waals surface area contributed by atoms with Crippen LogP contribution < -0.4 is 11.1 Å². The molecule has 3 N–H and O–H groups in total. The van der Waals surface area contributed by atoms with E-state index in [1.165, 1.54) is 5.56 Å². The second-order valence-electron chi connectivity index (χ2n) is 5.29. The molecule has 3 nitrogen and oxygen atoms in total. The molecule has 0 heterocycles. The van der Waals surface area contributed by atoms with Gasteiger partial charge in [-0.05, 0) is 68.1 Å². The van der Waals surface area contributed by atoms with Crippen LogP contribution in [0.2, 0.25) is 0 Å². The molecule has 2 rings (SSSR count). The van der Waals surface area contributed by atoms with Gasteiger partial charge in [-0.3, -0.25) is 4.79 Å². The maximum atomic E-state index is 12.4. The normalized spacial score (nSPS) is 10.4. The van der Waals surface area contributed by atoms with Crippen molar-refractivity contribution in [3.63, 3.8) is 0 Å². The number of carbonyl (C=O) groups is 1. The smallest absolute Gasteiger partial charge is 0.255 e. The van der Waals surface area contributed by atoms with Crippen LogP contribution in [-0.4, -0.2) is 12.5 Å². The fourth-order valence-corrected chi connectivity index (χ4v) is 2.31. The van der Waals surface area contributed by atoms with Gasteiger partial charge in [-0.15, -0.1) is 0 Å². The number of hydrogen-bond acceptors (Lipinski definition) is 2. The fourth-order valence-electron chi connectivity index (χ4n) is 2.31. The maximum Gasteiger partial charge on any atom is 0.255 e. The quantitative estimate of drug-likeness (QED) is 0.882. The second-order valence-corrected chi connectivity index (χ2v) is 5.29. The average Bonchev–Trinajstić information content (AvgIpc) is 2.48. The van der Waals surface area contributed by atoms with Crippen molar-refractivity contribution in [1.82, 2.24) is 0 Å². The van der Waals surface area contributed by atoms with Crippen LogP contribution in [0.4, 0.5) is 5.69 Å². The van der Waals surface area contributed by atoms with Crippen LogP contribution in [0.5, 0.6) is 0 Å². The highest BCUT2D eigenvalue weighted by Crippen LogP contribution is 2.17. The minimum Gasteiger partial charge on any atom is -0.330 e. The van der Waals surface area contributed by atoms with E-state index in [0.717, 1.165) is 35.2 Å². The van der Waals surface area contributed by atoms with Gasteiger partial charge in [0.1, 0.15) is 0 Å². The highest BCUT2D eigenvalue weighted by atomic mass is 16.1. The lowest BCUT2D eigenvalue weighted by atomic mass is 10.0. The molecule has 1 amide bonds. The van der Waals surface area contributed by atoms with Gasteiger partial charge < -0.3 is 11.1 Å². The summed E-state index contributed by atoms with van der Waals surface area (Å²) >= 11 is 0. The standard InChI is InChI=1S/C18H22N2O/c1-13-6-3-10-17(14(13)2)18(21)20-16-9-4-7-15(12-16)8-5-11-19/h3-4,6-7,9-10,12H,5,8,11,19H2,1-2H3,(H,20,21). The summed E-state index contributed by atoms with van der Waals surface area (Å²) < 4.78 is 0. The van der Waals surface area contributed by atoms with Crippen molar-refractivity contribution in [2.24, 2.45) is 5.73 Å². The molecule has 0 radical (unpaired) electrons. The molecule has 2 aromatic carbocycles. The average molecular weight is 282 g/mol. The van der Waals surface area contributed by atoms with Gasteiger partial charge in [0.2, 0.25) is 0 Å². The Kier molecular flexibility index (Phi) is 5.12. The summed E-state index contributed by atoms with van der Waals surface area (Å²) in [5, 5.41) is 2.97. The molecule has 0 unspecified atom stereocenters. The molecule has 0 spiro atoms. The molecular weight excluding hydrogens is 260 g/mol. The third-order valence-corrected chi connectivity index (χ3v) is 3.70. The Hall–Kier alpha value is -2.13. The largest absolute Gasteiger partial charge is 0.330 e. The first-order chi connectivity index (χ1) is 10.1. The maximum absolute atomic E-state index is 12.4. The topological polar surface area (TPSA) is 55.1 Å². The van der Waals surface area contributed by atoms with Gasteiger partial charge in [0.25, 0.3) is 5.91 Å². The predicted molar refractivity (Wildman–Crippen MR) is 87.7 cm³/mol. The lowest BCUT2D eigenvalue weighted by Crippen LogP contribution is -2.14. The molecule has 0 atom stereocenters. The molecule has 0 aliphatic rings. The molecule has 21 heavy (non-hydrogen) atoms. The fraction of sp³-hybridized carbons (Fsp3) is 0.278. The highest BCUT2D eigenvalue weighted by Gasteiger charge is 2.10. The third kappa shape index (κ3) is 3.92. The van der Waals surface area contributed by atoms with E-state index in [2.05, 4.69) is 11.4 Å². The molecule has 0 aliphatic heterocycles. The van der Waals surface area contributed by atoms with Gasteiger partial charge in [-0.2, -0.15) is 0 Å². The van der Waals surface area contributed by atoms with Gasteiger partial charge in [-0.1, -0.05) is 24.3 Å². The molecule has 3 heteroatoms. The number of amides is 1. The van der Waals surface area contributed by atoms with E-state index in [9.17, 15) is 4.79 Å². The van der Waals surface area contributed by atoms with Gasteiger partial charge in [-0.25, -0.2) is 0 Å². The summed E-state index contributed by atoms with van der Waals surface area (Å²) in [4.78, 5) is 12.4. The van der Waals surface area contributed by atoms with Gasteiger partial charge in [0, 0.05) is 11.3 Å². The van der Waals surface area contributed by atoms with E-state index in [0.29, 0.717) is 6.54 Å². The molecule has 0 aromatic heterocycles. The van der Waals surface area contributed by atoms with Gasteiger partial charge >= 0.3 is 0 Å². The first-order valence-electron chi connectivity index (χ1n) is 7.28. The zero-order chi connectivity index (χ0) is 15.2. The lowest BCUT2D eigenvalue weighted by molar-refractivity contribution is 0.102. The van der Waals surface area contributed by atoms with Crippen molar-refractivity contribution in [2.75, 3.05) is 11.9 Å². The Morgan fingerprint density at radius 2 is 1.90 bits per heavy atom. The van der Waals surface area contributed by atoms with Crippen molar-refractivity contribution in [3.05, 3.63) is 64.7 Å². The van der Waals surface area contributed by atoms with Crippen molar-refractivity contribution >= 4 is 11.6 Å². The molecule has 0 bridgehead atoms. The summed E-state index contributed by atoms with van der Waals surface area (Å²) in [7, 11) is 0. The Morgan fingerprint density at radius 3 is 2.67 bits per heavy atom. The van der Waals surface area contributed by atoms with E-state index >= 15 is 0 Å². The molecule has 0 saturated heterocycles. The lowest BCUT2D eigenvalue weighted by Gasteiger charge is -2.10. The molecule has 0 saturated carbocycles. The van der Waals surface area contributed by atoms with E-state index in [1.807, 2.05) is 50.2 Å². The molecule has 110 valence electrons. The Labute approximate surface area is 126 Å². The minimum absolute atomic E-state index is 0.0628. The molecular formula is C18H22N2O. The van der Waals surface area contributed by atoms with Crippen LogP contribution in [-0.2, 0) is 6.42 Å². The van der Waals surface area contributed by atoms with Crippen molar-refractivity contribution < 1.29 is 4.79 Å². The Bertz CT molecular complexity index is 635. The Balaban J connectivity index is 2.14. The van der Waals surface area contributed by atoms with Crippen LogP contribution in [0.3, 0.4) is 0 Å². The monoisotopic (exact) mass is 282 g/mol. The third-order valence-electron chi connectivity index (χ3n) is 3.70. The first kappa shape index (κ1) is 15.3. The molecule has 0 fully saturated rings. The second kappa shape index (κ2) is 7.04. The van der Waals surface area contributed by atoms with E-state index in [1.54, 1.807) is 0 Å². The summed E-state index contributed by atoms with van der Waals surface area (Å²) in [6, 6.07) is 13.7. The zero-order valence-electron chi connectivity index (χ0n) is 12.6. The van der Waals surface area contributed by atoms with Crippen LogP contribution in [0.1, 0.15) is 33.5 Å². The van der Waals surface area contributed by atoms with Crippen molar-refractivity contribution in [1.29, 1.82) is 0 Å². The number of rotatable bonds is 5. The molecule has 0 aliphatic carbocycles. The molecule has 2 aromatic rings. The van der Waals surface area contributed by atoms with E-state index < -0.39 is 0 Å². The summed E-state index contributed by atoms with van der Waals surface area (Å²) in [6.45, 7) is 4.67. The number of aryl methyl sites for hydroxylation is 2. The van der Waals surface area contributed by atoms with Crippen LogP contribution in [0, 0.1) is 13.8 Å². The van der Waals surface area contributed by atoms with Crippen LogP contribution in [0.15, 0.2) is 42.5 Å². The number of carbonyl (C=O) groups excluding carboxylic acids is 1. The van der Waals surface area contributed by atoms with Gasteiger partial charge in [0.05, 0.1) is 0 Å². The predicted octanol–water partition coefficient (Wildman–Crippen LogP) is 3.45. The van der Waals surface area contributed by atoms with Crippen molar-refractivity contribution in [3.8, 4) is 0 Å². The number of benzene rings is 2. The van der Waals surface area contributed by atoms with E-state index in [-0.39, 0.29) is 5.91 Å². The first-order valence-corrected chi connectivity index (χ1v) is 7.28. The van der Waals surface area contributed by atoms with E-state index in [4.69, 9.17) is 5.73 Å². The van der Waals surface area contributed by atoms with Gasteiger partial charge in [0.15, 0.2) is 0 Å². The number of hydrogen-bond donors (Lipinski definition) is 2. The summed E-state index contributed by atoms with van der Waals surface area (Å²) in [5.74, 6) is -0.0628. The highest BCUT2D eigenvalue weighted by molar-refractivity contribution is 6.05. The zero-order valence-corrected chi connectivity index (χ0v) is 12.6. The summed E-state index contributed by atoms with van der Waals surface area (Å²) in [6.07, 6.45) is 1.89. The summed E-state index contributed by atoms with van der Waals surface area (Å²) in [5.41, 5.74) is 10.4. The number of nitrogens with one attached hydrogen (secondary N) is 1. The Morgan fingerprint density at radius 1 is 1.14 bits per heavy atom. The van der Waals surface area contributed by atoms with Crippen LogP contribution >= 0.6 is 0 Å². The van der Waals surface area contributed by atoms with Crippen molar-refractivity contribution in [2.45, 2.75) is 26.7 Å². The number of nitrogens with two attached hydrogens (primary N) is 1. The SMILES string of the molecule is Cc1cccc(C(=O)Nc2cccc(CCCN)c2)c1C. The number of anilines is 1.